The molecule has 1 fully saturated rings. The summed E-state index contributed by atoms with van der Waals surface area (Å²) in [6.07, 6.45) is 6.50. The quantitative estimate of drug-likeness (QED) is 0.130. The van der Waals surface area contributed by atoms with Crippen LogP contribution in [0.25, 0.3) is 22.2 Å². The fourth-order valence-corrected chi connectivity index (χ4v) is 6.73. The summed E-state index contributed by atoms with van der Waals surface area (Å²) in [5.41, 5.74) is 2.77. The van der Waals surface area contributed by atoms with Gasteiger partial charge in [-0.05, 0) is 68.4 Å². The second-order valence-electron chi connectivity index (χ2n) is 13.1. The molecule has 0 saturated carbocycles. The van der Waals surface area contributed by atoms with Crippen molar-refractivity contribution in [2.75, 3.05) is 32.2 Å². The van der Waals surface area contributed by atoms with E-state index in [1.54, 1.807) is 13.8 Å². The Hall–Kier alpha value is -2.29. The molecule has 1 aliphatic heterocycles. The van der Waals surface area contributed by atoms with Gasteiger partial charge < -0.3 is 18.6 Å². The molecule has 3 aromatic rings. The normalized spacial score (nSPS) is 18.2. The van der Waals surface area contributed by atoms with Crippen molar-refractivity contribution in [3.63, 3.8) is 0 Å². The van der Waals surface area contributed by atoms with Crippen LogP contribution in [0.15, 0.2) is 30.6 Å². The van der Waals surface area contributed by atoms with Crippen molar-refractivity contribution in [2.24, 2.45) is 5.92 Å². The lowest BCUT2D eigenvalue weighted by Crippen LogP contribution is -2.43. The van der Waals surface area contributed by atoms with Gasteiger partial charge in [-0.3, -0.25) is 9.23 Å². The first-order valence-corrected chi connectivity index (χ1v) is 19.7. The molecule has 1 aromatic carbocycles. The molecule has 0 amide bonds. The van der Waals surface area contributed by atoms with Crippen molar-refractivity contribution in [1.29, 1.82) is 0 Å². The van der Waals surface area contributed by atoms with Gasteiger partial charge in [0.05, 0.1) is 49.9 Å². The maximum atomic E-state index is 11.1. The average Bonchev–Trinajstić information content (AvgIpc) is 3.53. The summed E-state index contributed by atoms with van der Waals surface area (Å²) in [5, 5.41) is 10.7. The summed E-state index contributed by atoms with van der Waals surface area (Å²) in [5.74, 6) is 0.202. The number of hydrogen-bond acceptors (Lipinski definition) is 8. The number of nitrogens with zero attached hydrogens (tertiary/aromatic N) is 4. The van der Waals surface area contributed by atoms with Crippen LogP contribution in [0.5, 0.6) is 5.75 Å². The molecule has 11 nitrogen and oxygen atoms in total. The van der Waals surface area contributed by atoms with Crippen molar-refractivity contribution < 1.29 is 31.6 Å². The minimum Gasteiger partial charge on any atom is -0.543 e. The van der Waals surface area contributed by atoms with Crippen molar-refractivity contribution in [1.82, 2.24) is 19.6 Å². The molecule has 240 valence electrons. The molecule has 0 bridgehead atoms. The van der Waals surface area contributed by atoms with Gasteiger partial charge in [-0.15, -0.1) is 0 Å². The number of aromatic nitrogens is 4. The maximum Gasteiger partial charge on any atom is 0.265 e. The van der Waals surface area contributed by atoms with Gasteiger partial charge in [0, 0.05) is 23.8 Å². The van der Waals surface area contributed by atoms with Crippen LogP contribution in [0, 0.1) is 5.92 Å². The van der Waals surface area contributed by atoms with Gasteiger partial charge in [-0.1, -0.05) is 27.7 Å². The van der Waals surface area contributed by atoms with E-state index in [1.165, 1.54) is 0 Å². The molecule has 3 unspecified atom stereocenters. The van der Waals surface area contributed by atoms with Gasteiger partial charge in [-0.2, -0.15) is 18.6 Å². The molecule has 0 radical (unpaired) electrons. The zero-order valence-electron chi connectivity index (χ0n) is 26.6. The topological polar surface area (TPSA) is 127 Å². The predicted octanol–water partition coefficient (Wildman–Crippen LogP) is 5.93. The summed E-state index contributed by atoms with van der Waals surface area (Å²) in [4.78, 5) is 0. The monoisotopic (exact) mass is 636 g/mol. The second-order valence-corrected chi connectivity index (χ2v) is 19.3. The first kappa shape index (κ1) is 33.6. The Morgan fingerprint density at radius 1 is 1.16 bits per heavy atom. The lowest BCUT2D eigenvalue weighted by Gasteiger charge is -2.36. The van der Waals surface area contributed by atoms with E-state index in [-0.39, 0.29) is 29.0 Å². The molecule has 2 aromatic heterocycles. The van der Waals surface area contributed by atoms with Crippen molar-refractivity contribution in [3.05, 3.63) is 30.6 Å². The predicted molar refractivity (Wildman–Crippen MR) is 169 cm³/mol. The highest BCUT2D eigenvalue weighted by atomic mass is 32.2. The zero-order chi connectivity index (χ0) is 31.4. The lowest BCUT2D eigenvalue weighted by molar-refractivity contribution is -0.0365. The molecule has 1 N–H and O–H groups in total. The Morgan fingerprint density at radius 3 is 2.60 bits per heavy atom. The number of hydrogen-bond donors (Lipinski definition) is 1. The highest BCUT2D eigenvalue weighted by molar-refractivity contribution is 7.85. The van der Waals surface area contributed by atoms with Gasteiger partial charge in [0.2, 0.25) is 8.32 Å². The van der Waals surface area contributed by atoms with E-state index in [0.29, 0.717) is 26.4 Å². The molecule has 4 rings (SSSR count). The number of benzene rings is 1. The molecule has 13 heteroatoms. The van der Waals surface area contributed by atoms with E-state index in [2.05, 4.69) is 51.1 Å². The Labute approximate surface area is 256 Å². The van der Waals surface area contributed by atoms with Crippen LogP contribution in [-0.4, -0.2) is 79.1 Å². The molecule has 0 spiro atoms. The largest absolute Gasteiger partial charge is 0.543 e. The Bertz CT molecular complexity index is 1460. The zero-order valence-corrected chi connectivity index (χ0v) is 28.4. The van der Waals surface area contributed by atoms with Crippen LogP contribution in [0.3, 0.4) is 0 Å². The van der Waals surface area contributed by atoms with E-state index in [1.807, 2.05) is 27.8 Å². The van der Waals surface area contributed by atoms with Gasteiger partial charge in [0.1, 0.15) is 11.4 Å². The minimum atomic E-state index is -4.03. The van der Waals surface area contributed by atoms with E-state index in [4.69, 9.17) is 28.3 Å². The van der Waals surface area contributed by atoms with Crippen LogP contribution in [0.2, 0.25) is 18.1 Å². The average molecular weight is 637 g/mol. The van der Waals surface area contributed by atoms with E-state index >= 15 is 0 Å². The smallest absolute Gasteiger partial charge is 0.265 e. The SMILES string of the molecule is CC(CS(=O)(=O)O)C(C)OCCOCCn1cc(-c2nn(C3CCCCO3)c3ccc(O[Si](C)(C)C(C)(C)C)cc23)cn1. The van der Waals surface area contributed by atoms with Crippen LogP contribution >= 0.6 is 0 Å². The fourth-order valence-electron chi connectivity index (χ4n) is 4.77. The fraction of sp³-hybridized carbons (Fsp3) is 0.667. The van der Waals surface area contributed by atoms with Gasteiger partial charge in [0.25, 0.3) is 10.1 Å². The third-order valence-electron chi connectivity index (χ3n) is 8.54. The molecule has 1 saturated heterocycles. The molecule has 1 aliphatic rings. The first-order chi connectivity index (χ1) is 20.1. The first-order valence-electron chi connectivity index (χ1n) is 15.1. The summed E-state index contributed by atoms with van der Waals surface area (Å²) in [6.45, 7) is 17.2. The van der Waals surface area contributed by atoms with Crippen LogP contribution in [0.4, 0.5) is 0 Å². The highest BCUT2D eigenvalue weighted by Crippen LogP contribution is 2.39. The summed E-state index contributed by atoms with van der Waals surface area (Å²) in [6, 6.07) is 6.25. The molecule has 3 atom stereocenters. The summed E-state index contributed by atoms with van der Waals surface area (Å²) >= 11 is 0. The summed E-state index contributed by atoms with van der Waals surface area (Å²) < 4.78 is 59.2. The standard InChI is InChI=1S/C30H48N4O7SSi/c1-22(21-42(35,36)37)23(2)39-17-16-38-15-13-33-20-24(19-31-33)29-26-18-25(41-43(6,7)30(3,4)5)11-12-27(26)34(32-29)28-10-8-9-14-40-28/h11-12,18-20,22-23,28H,8-10,13-17,21H2,1-7H3,(H,35,36,37). The highest BCUT2D eigenvalue weighted by Gasteiger charge is 2.39. The molecular formula is C30H48N4O7SSi. The maximum absolute atomic E-state index is 11.1. The Balaban J connectivity index is 1.43. The lowest BCUT2D eigenvalue weighted by atomic mass is 10.1. The van der Waals surface area contributed by atoms with E-state index in [9.17, 15) is 8.42 Å². The van der Waals surface area contributed by atoms with Gasteiger partial charge in [0.15, 0.2) is 6.23 Å². The number of fused-ring (bicyclic) bond motifs is 1. The van der Waals surface area contributed by atoms with Crippen molar-refractivity contribution in [2.45, 2.75) is 90.9 Å². The second kappa shape index (κ2) is 13.8. The molecule has 0 aliphatic carbocycles. The molecule has 43 heavy (non-hydrogen) atoms. The van der Waals surface area contributed by atoms with E-state index in [0.717, 1.165) is 53.8 Å². The van der Waals surface area contributed by atoms with Crippen molar-refractivity contribution >= 4 is 29.3 Å². The molecule has 3 heterocycles. The van der Waals surface area contributed by atoms with Crippen molar-refractivity contribution in [3.8, 4) is 17.0 Å². The van der Waals surface area contributed by atoms with Crippen LogP contribution in [-0.2, 0) is 30.9 Å². The van der Waals surface area contributed by atoms with E-state index < -0.39 is 18.4 Å². The van der Waals surface area contributed by atoms with Gasteiger partial charge in [-0.25, -0.2) is 4.68 Å². The third-order valence-corrected chi connectivity index (χ3v) is 13.8. The van der Waals surface area contributed by atoms with Crippen LogP contribution < -0.4 is 4.43 Å². The van der Waals surface area contributed by atoms with Crippen LogP contribution in [0.1, 0.15) is 60.1 Å². The Morgan fingerprint density at radius 2 is 1.93 bits per heavy atom. The molecular weight excluding hydrogens is 589 g/mol. The summed E-state index contributed by atoms with van der Waals surface area (Å²) in [7, 11) is -6.05. The number of ether oxygens (including phenoxy) is 3. The van der Waals surface area contributed by atoms with Gasteiger partial charge >= 0.3 is 0 Å². The minimum absolute atomic E-state index is 0.0833. The number of rotatable bonds is 14. The third kappa shape index (κ3) is 8.89. The Kier molecular flexibility index (Phi) is 10.8.